The van der Waals surface area contributed by atoms with Gasteiger partial charge in [-0.2, -0.15) is 5.10 Å². The lowest BCUT2D eigenvalue weighted by atomic mass is 10.2. The number of phenolic OH excluding ortho intramolecular Hbond substituents is 1. The standard InChI is InChI=1S/C17H20N4O2/c1-3-21(4-2)15-6-5-14(16(22)11-15)12-19-20-17(23)13-7-9-18-10-8-13/h5-12,22H,3-4H2,1-2H3,(H,20,23)/b19-12+. The van der Waals surface area contributed by atoms with Crippen LogP contribution in [0.3, 0.4) is 0 Å². The van der Waals surface area contributed by atoms with Gasteiger partial charge in [-0.05, 0) is 38.1 Å². The van der Waals surface area contributed by atoms with Crippen molar-refractivity contribution in [1.82, 2.24) is 10.4 Å². The van der Waals surface area contributed by atoms with Crippen molar-refractivity contribution < 1.29 is 9.90 Å². The molecule has 1 aromatic heterocycles. The number of amides is 1. The number of carbonyl (C=O) groups excluding carboxylic acids is 1. The molecule has 120 valence electrons. The van der Waals surface area contributed by atoms with Gasteiger partial charge in [-0.1, -0.05) is 0 Å². The smallest absolute Gasteiger partial charge is 0.271 e. The third kappa shape index (κ3) is 4.29. The molecule has 0 bridgehead atoms. The van der Waals surface area contributed by atoms with E-state index in [1.165, 1.54) is 18.6 Å². The van der Waals surface area contributed by atoms with Crippen molar-refractivity contribution in [2.45, 2.75) is 13.8 Å². The third-order valence-corrected chi connectivity index (χ3v) is 3.45. The summed E-state index contributed by atoms with van der Waals surface area (Å²) < 4.78 is 0. The fourth-order valence-corrected chi connectivity index (χ4v) is 2.15. The van der Waals surface area contributed by atoms with Crippen LogP contribution < -0.4 is 10.3 Å². The molecule has 0 saturated carbocycles. The van der Waals surface area contributed by atoms with Crippen molar-refractivity contribution in [2.24, 2.45) is 5.10 Å². The van der Waals surface area contributed by atoms with Gasteiger partial charge in [-0.3, -0.25) is 9.78 Å². The Morgan fingerprint density at radius 1 is 1.26 bits per heavy atom. The van der Waals surface area contributed by atoms with Gasteiger partial charge < -0.3 is 10.0 Å². The average molecular weight is 312 g/mol. The van der Waals surface area contributed by atoms with E-state index >= 15 is 0 Å². The largest absolute Gasteiger partial charge is 0.507 e. The molecule has 0 aliphatic carbocycles. The van der Waals surface area contributed by atoms with Gasteiger partial charge in [0.25, 0.3) is 5.91 Å². The lowest BCUT2D eigenvalue weighted by Crippen LogP contribution is -2.21. The Hall–Kier alpha value is -2.89. The third-order valence-electron chi connectivity index (χ3n) is 3.45. The van der Waals surface area contributed by atoms with E-state index in [-0.39, 0.29) is 11.7 Å². The SMILES string of the molecule is CCN(CC)c1ccc(/C=N/NC(=O)c2ccncc2)c(O)c1. The second kappa shape index (κ2) is 7.93. The summed E-state index contributed by atoms with van der Waals surface area (Å²) in [4.78, 5) is 17.8. The maximum atomic E-state index is 11.8. The van der Waals surface area contributed by atoms with Crippen LogP contribution in [-0.2, 0) is 0 Å². The van der Waals surface area contributed by atoms with Gasteiger partial charge in [0.1, 0.15) is 5.75 Å². The van der Waals surface area contributed by atoms with Crippen molar-refractivity contribution in [3.8, 4) is 5.75 Å². The Balaban J connectivity index is 2.04. The lowest BCUT2D eigenvalue weighted by molar-refractivity contribution is 0.0955. The van der Waals surface area contributed by atoms with E-state index < -0.39 is 0 Å². The zero-order chi connectivity index (χ0) is 16.7. The number of aromatic hydroxyl groups is 1. The summed E-state index contributed by atoms with van der Waals surface area (Å²) in [5.41, 5.74) is 4.37. The second-order valence-electron chi connectivity index (χ2n) is 4.85. The molecule has 0 fully saturated rings. The molecule has 0 atom stereocenters. The molecule has 2 rings (SSSR count). The van der Waals surface area contributed by atoms with E-state index in [1.54, 1.807) is 24.3 Å². The van der Waals surface area contributed by atoms with E-state index in [4.69, 9.17) is 0 Å². The van der Waals surface area contributed by atoms with Crippen LogP contribution in [-0.4, -0.2) is 35.3 Å². The zero-order valence-electron chi connectivity index (χ0n) is 13.2. The minimum atomic E-state index is -0.331. The van der Waals surface area contributed by atoms with Gasteiger partial charge in [0, 0.05) is 48.4 Å². The van der Waals surface area contributed by atoms with Gasteiger partial charge in [-0.25, -0.2) is 5.43 Å². The van der Waals surface area contributed by atoms with Crippen LogP contribution in [0.25, 0.3) is 0 Å². The van der Waals surface area contributed by atoms with E-state index in [1.807, 2.05) is 6.07 Å². The molecule has 0 unspecified atom stereocenters. The summed E-state index contributed by atoms with van der Waals surface area (Å²) >= 11 is 0. The molecule has 0 aliphatic heterocycles. The first-order valence-electron chi connectivity index (χ1n) is 7.47. The molecule has 1 heterocycles. The van der Waals surface area contributed by atoms with Crippen LogP contribution in [0.2, 0.25) is 0 Å². The van der Waals surface area contributed by atoms with E-state index in [0.717, 1.165) is 18.8 Å². The number of nitrogens with zero attached hydrogens (tertiary/aromatic N) is 3. The Morgan fingerprint density at radius 3 is 2.57 bits per heavy atom. The highest BCUT2D eigenvalue weighted by Gasteiger charge is 2.06. The highest BCUT2D eigenvalue weighted by atomic mass is 16.3. The monoisotopic (exact) mass is 312 g/mol. The molecular formula is C17H20N4O2. The average Bonchev–Trinajstić information content (AvgIpc) is 2.58. The fraction of sp³-hybridized carbons (Fsp3) is 0.235. The number of phenols is 1. The number of hydrogen-bond acceptors (Lipinski definition) is 5. The predicted molar refractivity (Wildman–Crippen MR) is 91.0 cm³/mol. The number of hydrazone groups is 1. The molecular weight excluding hydrogens is 292 g/mol. The molecule has 0 aliphatic rings. The van der Waals surface area contributed by atoms with Crippen molar-refractivity contribution in [3.05, 3.63) is 53.9 Å². The van der Waals surface area contributed by atoms with Crippen molar-refractivity contribution in [1.29, 1.82) is 0 Å². The van der Waals surface area contributed by atoms with E-state index in [0.29, 0.717) is 11.1 Å². The number of hydrogen-bond donors (Lipinski definition) is 2. The quantitative estimate of drug-likeness (QED) is 0.634. The first kappa shape index (κ1) is 16.5. The Kier molecular flexibility index (Phi) is 5.68. The molecule has 2 aromatic rings. The van der Waals surface area contributed by atoms with Crippen molar-refractivity contribution in [3.63, 3.8) is 0 Å². The molecule has 0 spiro atoms. The molecule has 0 saturated heterocycles. The topological polar surface area (TPSA) is 77.8 Å². The minimum Gasteiger partial charge on any atom is -0.507 e. The summed E-state index contributed by atoms with van der Waals surface area (Å²) in [6.07, 6.45) is 4.49. The number of nitrogens with one attached hydrogen (secondary N) is 1. The number of rotatable bonds is 6. The number of aromatic nitrogens is 1. The summed E-state index contributed by atoms with van der Waals surface area (Å²) in [7, 11) is 0. The van der Waals surface area contributed by atoms with Crippen LogP contribution in [0.15, 0.2) is 47.8 Å². The van der Waals surface area contributed by atoms with Gasteiger partial charge in [0.05, 0.1) is 6.21 Å². The number of benzene rings is 1. The normalized spacial score (nSPS) is 10.7. The van der Waals surface area contributed by atoms with Gasteiger partial charge in [-0.15, -0.1) is 0 Å². The second-order valence-corrected chi connectivity index (χ2v) is 4.85. The summed E-state index contributed by atoms with van der Waals surface area (Å²) in [5.74, 6) is -0.209. The van der Waals surface area contributed by atoms with Crippen molar-refractivity contribution >= 4 is 17.8 Å². The highest BCUT2D eigenvalue weighted by Crippen LogP contribution is 2.23. The van der Waals surface area contributed by atoms with Crippen LogP contribution in [0.4, 0.5) is 5.69 Å². The Bertz CT molecular complexity index is 682. The van der Waals surface area contributed by atoms with Crippen LogP contribution in [0.5, 0.6) is 5.75 Å². The number of pyridine rings is 1. The number of anilines is 1. The molecule has 6 nitrogen and oxygen atoms in total. The molecule has 23 heavy (non-hydrogen) atoms. The number of carbonyl (C=O) groups is 1. The predicted octanol–water partition coefficient (Wildman–Crippen LogP) is 2.40. The Labute approximate surface area is 135 Å². The van der Waals surface area contributed by atoms with Crippen LogP contribution in [0.1, 0.15) is 29.8 Å². The van der Waals surface area contributed by atoms with E-state index in [2.05, 4.69) is 34.3 Å². The van der Waals surface area contributed by atoms with Crippen molar-refractivity contribution in [2.75, 3.05) is 18.0 Å². The van der Waals surface area contributed by atoms with Gasteiger partial charge in [0.2, 0.25) is 0 Å². The molecule has 1 amide bonds. The fourth-order valence-electron chi connectivity index (χ4n) is 2.15. The minimum absolute atomic E-state index is 0.122. The molecule has 1 aromatic carbocycles. The molecule has 0 radical (unpaired) electrons. The summed E-state index contributed by atoms with van der Waals surface area (Å²) in [5, 5.41) is 13.9. The van der Waals surface area contributed by atoms with Gasteiger partial charge >= 0.3 is 0 Å². The first-order valence-corrected chi connectivity index (χ1v) is 7.47. The zero-order valence-corrected chi connectivity index (χ0v) is 13.2. The van der Waals surface area contributed by atoms with Crippen LogP contribution in [0, 0.1) is 0 Å². The summed E-state index contributed by atoms with van der Waals surface area (Å²) in [6.45, 7) is 5.85. The maximum Gasteiger partial charge on any atom is 0.271 e. The lowest BCUT2D eigenvalue weighted by Gasteiger charge is -2.21. The van der Waals surface area contributed by atoms with E-state index in [9.17, 15) is 9.90 Å². The molecule has 6 heteroatoms. The van der Waals surface area contributed by atoms with Crippen LogP contribution >= 0.6 is 0 Å². The maximum absolute atomic E-state index is 11.8. The first-order chi connectivity index (χ1) is 11.2. The summed E-state index contributed by atoms with van der Waals surface area (Å²) in [6, 6.07) is 8.57. The molecule has 2 N–H and O–H groups in total. The Morgan fingerprint density at radius 2 is 1.96 bits per heavy atom. The highest BCUT2D eigenvalue weighted by molar-refractivity contribution is 5.95. The van der Waals surface area contributed by atoms with Gasteiger partial charge in [0.15, 0.2) is 0 Å².